The van der Waals surface area contributed by atoms with Crippen molar-refractivity contribution in [1.29, 1.82) is 0 Å². The summed E-state index contributed by atoms with van der Waals surface area (Å²) in [6, 6.07) is 8.21. The van der Waals surface area contributed by atoms with E-state index in [2.05, 4.69) is 20.5 Å². The first-order chi connectivity index (χ1) is 14.2. The molecule has 0 unspecified atom stereocenters. The van der Waals surface area contributed by atoms with Crippen molar-refractivity contribution >= 4 is 35.6 Å². The molecule has 0 aromatic heterocycles. The largest absolute Gasteiger partial charge is 0.356 e. The predicted octanol–water partition coefficient (Wildman–Crippen LogP) is 4.11. The fraction of sp³-hybridized carbons (Fsp3) is 0.682. The number of nitrogens with one attached hydrogen (secondary N) is 2. The van der Waals surface area contributed by atoms with Crippen LogP contribution in [-0.2, 0) is 6.42 Å². The molecule has 1 aromatic rings. The third-order valence-electron chi connectivity index (χ3n) is 6.27. The first kappa shape index (κ1) is 24.8. The van der Waals surface area contributed by atoms with Crippen LogP contribution in [0.1, 0.15) is 56.9 Å². The Morgan fingerprint density at radius 1 is 1.13 bits per heavy atom. The molecule has 168 valence electrons. The fourth-order valence-electron chi connectivity index (χ4n) is 4.51. The summed E-state index contributed by atoms with van der Waals surface area (Å²) in [7, 11) is 1.83. The maximum absolute atomic E-state index is 10.7. The van der Waals surface area contributed by atoms with Crippen LogP contribution in [0.3, 0.4) is 0 Å². The van der Waals surface area contributed by atoms with E-state index in [-0.39, 0.29) is 34.6 Å². The summed E-state index contributed by atoms with van der Waals surface area (Å²) in [6.07, 6.45) is 11.0. The van der Waals surface area contributed by atoms with Crippen LogP contribution in [0, 0.1) is 10.1 Å². The molecule has 30 heavy (non-hydrogen) atoms. The zero-order valence-corrected chi connectivity index (χ0v) is 20.3. The van der Waals surface area contributed by atoms with E-state index in [0.717, 1.165) is 43.4 Å². The number of hydrogen-bond acceptors (Lipinski definition) is 4. The second-order valence-electron chi connectivity index (χ2n) is 8.27. The first-order valence-corrected chi connectivity index (χ1v) is 11.1. The summed E-state index contributed by atoms with van der Waals surface area (Å²) in [5, 5.41) is 17.7. The highest BCUT2D eigenvalue weighted by Gasteiger charge is 2.27. The lowest BCUT2D eigenvalue weighted by atomic mass is 10.0. The molecule has 1 heterocycles. The van der Waals surface area contributed by atoms with Crippen LogP contribution in [0.5, 0.6) is 0 Å². The number of non-ortho nitro benzene ring substituents is 1. The van der Waals surface area contributed by atoms with Crippen LogP contribution in [0.4, 0.5) is 5.69 Å². The molecule has 1 saturated heterocycles. The molecule has 0 atom stereocenters. The molecule has 2 aliphatic rings. The first-order valence-electron chi connectivity index (χ1n) is 11.1. The third-order valence-corrected chi connectivity index (χ3v) is 6.27. The minimum absolute atomic E-state index is 0. The van der Waals surface area contributed by atoms with Crippen molar-refractivity contribution in [3.05, 3.63) is 39.9 Å². The molecule has 2 N–H and O–H groups in total. The van der Waals surface area contributed by atoms with Gasteiger partial charge in [0, 0.05) is 50.9 Å². The number of hydrogen-bond donors (Lipinski definition) is 2. The summed E-state index contributed by atoms with van der Waals surface area (Å²) in [5.41, 5.74) is 1.30. The van der Waals surface area contributed by atoms with Gasteiger partial charge in [0.1, 0.15) is 0 Å². The number of aryl methyl sites for hydroxylation is 1. The normalized spacial score (nSPS) is 18.8. The zero-order chi connectivity index (χ0) is 20.5. The van der Waals surface area contributed by atoms with Gasteiger partial charge in [0.25, 0.3) is 5.69 Å². The number of nitrogens with zero attached hydrogens (tertiary/aromatic N) is 3. The molecule has 0 spiro atoms. The Balaban J connectivity index is 0.00000320. The molecule has 3 rings (SSSR count). The third kappa shape index (κ3) is 7.68. The van der Waals surface area contributed by atoms with Gasteiger partial charge < -0.3 is 15.5 Å². The van der Waals surface area contributed by atoms with E-state index in [9.17, 15) is 10.1 Å². The van der Waals surface area contributed by atoms with Crippen molar-refractivity contribution in [2.24, 2.45) is 4.99 Å². The Labute approximate surface area is 197 Å². The summed E-state index contributed by atoms with van der Waals surface area (Å²) < 4.78 is 0. The lowest BCUT2D eigenvalue weighted by molar-refractivity contribution is -0.384. The molecule has 1 saturated carbocycles. The van der Waals surface area contributed by atoms with Crippen LogP contribution in [0.2, 0.25) is 0 Å². The second kappa shape index (κ2) is 13.1. The Hall–Kier alpha value is -1.42. The Morgan fingerprint density at radius 2 is 1.80 bits per heavy atom. The van der Waals surface area contributed by atoms with Crippen molar-refractivity contribution in [3.8, 4) is 0 Å². The van der Waals surface area contributed by atoms with Crippen molar-refractivity contribution in [2.75, 3.05) is 26.7 Å². The van der Waals surface area contributed by atoms with Gasteiger partial charge in [-0.05, 0) is 50.5 Å². The molecular formula is C22H36IN5O2. The lowest BCUT2D eigenvalue weighted by Crippen LogP contribution is -2.50. The number of unbranched alkanes of at least 4 members (excludes halogenated alkanes) is 1. The zero-order valence-electron chi connectivity index (χ0n) is 18.0. The molecule has 7 nitrogen and oxygen atoms in total. The number of rotatable bonds is 8. The minimum atomic E-state index is -0.356. The number of benzene rings is 1. The molecule has 1 aliphatic carbocycles. The molecule has 0 radical (unpaired) electrons. The fourth-order valence-corrected chi connectivity index (χ4v) is 4.51. The smallest absolute Gasteiger partial charge is 0.269 e. The Morgan fingerprint density at radius 3 is 2.40 bits per heavy atom. The number of likely N-dealkylation sites (tertiary alicyclic amines) is 1. The SMILES string of the molecule is CN=C(NCCCCc1ccc([N+](=O)[O-])cc1)NC1CCN(C2CCCC2)CC1.I. The summed E-state index contributed by atoms with van der Waals surface area (Å²) in [5.74, 6) is 0.902. The van der Waals surface area contributed by atoms with Gasteiger partial charge in [-0.25, -0.2) is 0 Å². The van der Waals surface area contributed by atoms with Gasteiger partial charge in [0.05, 0.1) is 4.92 Å². The number of aliphatic imine (C=N–C) groups is 1. The lowest BCUT2D eigenvalue weighted by Gasteiger charge is -2.36. The van der Waals surface area contributed by atoms with Crippen molar-refractivity contribution in [2.45, 2.75) is 69.9 Å². The molecule has 1 aliphatic heterocycles. The molecule has 0 bridgehead atoms. The van der Waals surface area contributed by atoms with Gasteiger partial charge in [-0.1, -0.05) is 25.0 Å². The van der Waals surface area contributed by atoms with Gasteiger partial charge in [0.15, 0.2) is 5.96 Å². The van der Waals surface area contributed by atoms with Crippen molar-refractivity contribution in [1.82, 2.24) is 15.5 Å². The van der Waals surface area contributed by atoms with Crippen LogP contribution in [0.25, 0.3) is 0 Å². The van der Waals surface area contributed by atoms with Crippen molar-refractivity contribution < 1.29 is 4.92 Å². The second-order valence-corrected chi connectivity index (χ2v) is 8.27. The number of nitro benzene ring substituents is 1. The van der Waals surface area contributed by atoms with Gasteiger partial charge in [-0.15, -0.1) is 24.0 Å². The molecule has 1 aromatic carbocycles. The average molecular weight is 529 g/mol. The van der Waals surface area contributed by atoms with E-state index in [1.807, 2.05) is 19.2 Å². The summed E-state index contributed by atoms with van der Waals surface area (Å²) in [6.45, 7) is 3.29. The minimum Gasteiger partial charge on any atom is -0.356 e. The van der Waals surface area contributed by atoms with E-state index >= 15 is 0 Å². The van der Waals surface area contributed by atoms with Crippen LogP contribution < -0.4 is 10.6 Å². The van der Waals surface area contributed by atoms with E-state index in [1.165, 1.54) is 51.6 Å². The highest BCUT2D eigenvalue weighted by atomic mass is 127. The van der Waals surface area contributed by atoms with Gasteiger partial charge >= 0.3 is 0 Å². The van der Waals surface area contributed by atoms with E-state index in [0.29, 0.717) is 6.04 Å². The molecular weight excluding hydrogens is 493 g/mol. The van der Waals surface area contributed by atoms with E-state index < -0.39 is 0 Å². The average Bonchev–Trinajstić information content (AvgIpc) is 3.28. The number of halogens is 1. The maximum Gasteiger partial charge on any atom is 0.269 e. The molecule has 8 heteroatoms. The van der Waals surface area contributed by atoms with Crippen LogP contribution in [-0.4, -0.2) is 54.5 Å². The van der Waals surface area contributed by atoms with E-state index in [1.54, 1.807) is 12.1 Å². The van der Waals surface area contributed by atoms with Gasteiger partial charge in [-0.3, -0.25) is 15.1 Å². The van der Waals surface area contributed by atoms with Gasteiger partial charge in [-0.2, -0.15) is 0 Å². The Bertz CT molecular complexity index is 669. The highest BCUT2D eigenvalue weighted by Crippen LogP contribution is 2.26. The van der Waals surface area contributed by atoms with Crippen molar-refractivity contribution in [3.63, 3.8) is 0 Å². The van der Waals surface area contributed by atoms with E-state index in [4.69, 9.17) is 0 Å². The molecule has 0 amide bonds. The standard InChI is InChI=1S/C22H35N5O2.HI/c1-23-22(25-19-13-16-26(17-14-19)20-7-2-3-8-20)24-15-5-4-6-18-9-11-21(12-10-18)27(28)29;/h9-12,19-20H,2-8,13-17H2,1H3,(H2,23,24,25);1H. The highest BCUT2D eigenvalue weighted by molar-refractivity contribution is 14.0. The topological polar surface area (TPSA) is 82.8 Å². The Kier molecular flexibility index (Phi) is 10.8. The maximum atomic E-state index is 10.7. The monoisotopic (exact) mass is 529 g/mol. The molecule has 2 fully saturated rings. The summed E-state index contributed by atoms with van der Waals surface area (Å²) in [4.78, 5) is 17.4. The van der Waals surface area contributed by atoms with Gasteiger partial charge in [0.2, 0.25) is 0 Å². The number of piperidine rings is 1. The van der Waals surface area contributed by atoms with Crippen LogP contribution >= 0.6 is 24.0 Å². The number of guanidine groups is 1. The quantitative estimate of drug-likeness (QED) is 0.132. The van der Waals surface area contributed by atoms with Crippen LogP contribution in [0.15, 0.2) is 29.3 Å². The number of nitro groups is 1. The predicted molar refractivity (Wildman–Crippen MR) is 133 cm³/mol. The summed E-state index contributed by atoms with van der Waals surface area (Å²) >= 11 is 0.